The molecular formula is C21H30N2O2Si. The molecule has 0 amide bonds. The molecule has 5 heteroatoms. The Kier molecular flexibility index (Phi) is 4.17. The predicted molar refractivity (Wildman–Crippen MR) is 109 cm³/mol. The van der Waals surface area contributed by atoms with Gasteiger partial charge >= 0.3 is 0 Å². The van der Waals surface area contributed by atoms with E-state index in [9.17, 15) is 0 Å². The fourth-order valence-corrected chi connectivity index (χ4v) is 5.73. The van der Waals surface area contributed by atoms with E-state index in [2.05, 4.69) is 62.5 Å². The van der Waals surface area contributed by atoms with Gasteiger partial charge in [-0.1, -0.05) is 39.9 Å². The quantitative estimate of drug-likeness (QED) is 0.682. The van der Waals surface area contributed by atoms with Gasteiger partial charge in [-0.15, -0.1) is 0 Å². The predicted octanol–water partition coefficient (Wildman–Crippen LogP) is 5.20. The molecule has 1 saturated heterocycles. The van der Waals surface area contributed by atoms with Crippen molar-refractivity contribution in [1.29, 1.82) is 0 Å². The zero-order valence-electron chi connectivity index (χ0n) is 16.6. The van der Waals surface area contributed by atoms with Crippen molar-refractivity contribution in [2.24, 2.45) is 0 Å². The molecule has 2 aromatic rings. The Hall–Kier alpha value is -1.43. The van der Waals surface area contributed by atoms with Crippen molar-refractivity contribution < 1.29 is 9.47 Å². The highest BCUT2D eigenvalue weighted by Crippen LogP contribution is 2.40. The Bertz CT molecular complexity index is 855. The number of hydrogen-bond acceptors (Lipinski definition) is 3. The van der Waals surface area contributed by atoms with Crippen LogP contribution in [0.2, 0.25) is 18.1 Å². The van der Waals surface area contributed by atoms with Gasteiger partial charge in [-0.25, -0.2) is 4.98 Å². The van der Waals surface area contributed by atoms with Crippen LogP contribution in [0.15, 0.2) is 30.6 Å². The largest absolute Gasteiger partial charge is 0.359 e. The second-order valence-electron chi connectivity index (χ2n) is 9.17. The summed E-state index contributed by atoms with van der Waals surface area (Å²) in [7, 11) is -1.67. The Morgan fingerprint density at radius 3 is 2.54 bits per heavy atom. The maximum atomic E-state index is 5.83. The van der Waals surface area contributed by atoms with Crippen molar-refractivity contribution in [3.8, 4) is 0 Å². The van der Waals surface area contributed by atoms with E-state index in [-0.39, 0.29) is 10.8 Å². The summed E-state index contributed by atoms with van der Waals surface area (Å²) < 4.78 is 14.1. The summed E-state index contributed by atoms with van der Waals surface area (Å²) in [4.78, 5) is 4.88. The lowest BCUT2D eigenvalue weighted by Gasteiger charge is -2.38. The summed E-state index contributed by atoms with van der Waals surface area (Å²) in [5, 5.41) is 1.52. The van der Waals surface area contributed by atoms with Crippen molar-refractivity contribution in [2.75, 3.05) is 13.2 Å². The van der Waals surface area contributed by atoms with Gasteiger partial charge < -0.3 is 13.7 Å². The molecule has 1 spiro atoms. The third-order valence-electron chi connectivity index (χ3n) is 6.58. The first-order valence-electron chi connectivity index (χ1n) is 9.67. The van der Waals surface area contributed by atoms with E-state index in [1.54, 1.807) is 0 Å². The molecule has 4 nitrogen and oxygen atoms in total. The molecule has 3 heterocycles. The Balaban J connectivity index is 1.65. The SMILES string of the molecule is CC(C)(C)[Si](C)(C)n1ccc2cc(C3=CCC4(CC3)OCCO4)cnc21. The third kappa shape index (κ3) is 2.86. The summed E-state index contributed by atoms with van der Waals surface area (Å²) >= 11 is 0. The number of pyridine rings is 1. The van der Waals surface area contributed by atoms with Crippen LogP contribution >= 0.6 is 0 Å². The standard InChI is InChI=1S/C21H30N2O2Si/c1-20(2,3)26(4,5)23-11-8-17-14-18(15-22-19(17)23)16-6-9-21(10-7-16)24-12-13-25-21/h6,8,11,14-15H,7,9-10,12-13H2,1-5H3. The number of allylic oxidation sites excluding steroid dienone is 1. The number of hydrogen-bond donors (Lipinski definition) is 0. The maximum Gasteiger partial charge on any atom is 0.172 e. The van der Waals surface area contributed by atoms with Gasteiger partial charge in [0.2, 0.25) is 0 Å². The number of rotatable bonds is 2. The van der Waals surface area contributed by atoms with Crippen LogP contribution in [0.4, 0.5) is 0 Å². The van der Waals surface area contributed by atoms with Gasteiger partial charge in [0.05, 0.1) is 13.2 Å². The molecule has 2 aliphatic rings. The highest BCUT2D eigenvalue weighted by atomic mass is 28.3. The van der Waals surface area contributed by atoms with E-state index in [0.717, 1.165) is 38.1 Å². The molecular weight excluding hydrogens is 340 g/mol. The molecule has 26 heavy (non-hydrogen) atoms. The molecule has 0 N–H and O–H groups in total. The minimum absolute atomic E-state index is 0.279. The van der Waals surface area contributed by atoms with Gasteiger partial charge in [-0.05, 0) is 40.9 Å². The zero-order chi connectivity index (χ0) is 18.6. The molecule has 0 unspecified atom stereocenters. The normalized spacial score (nSPS) is 20.7. The fraction of sp³-hybridized carbons (Fsp3) is 0.571. The Morgan fingerprint density at radius 2 is 1.92 bits per heavy atom. The number of aromatic nitrogens is 2. The topological polar surface area (TPSA) is 36.3 Å². The fourth-order valence-electron chi connectivity index (χ4n) is 3.84. The molecule has 0 radical (unpaired) electrons. The second kappa shape index (κ2) is 6.04. The Labute approximate surface area is 157 Å². The highest BCUT2D eigenvalue weighted by Gasteiger charge is 2.39. The van der Waals surface area contributed by atoms with Crippen LogP contribution in [0.3, 0.4) is 0 Å². The van der Waals surface area contributed by atoms with Gasteiger partial charge in [0, 0.05) is 24.4 Å². The van der Waals surface area contributed by atoms with Gasteiger partial charge in [-0.2, -0.15) is 0 Å². The van der Waals surface area contributed by atoms with Gasteiger partial charge in [0.25, 0.3) is 0 Å². The molecule has 1 aliphatic carbocycles. The van der Waals surface area contributed by atoms with Crippen molar-refractivity contribution in [2.45, 2.75) is 64.0 Å². The lowest BCUT2D eigenvalue weighted by molar-refractivity contribution is -0.159. The molecule has 4 rings (SSSR count). The lowest BCUT2D eigenvalue weighted by atomic mass is 9.90. The average molecular weight is 371 g/mol. The van der Waals surface area contributed by atoms with Crippen molar-refractivity contribution in [3.63, 3.8) is 0 Å². The molecule has 0 bridgehead atoms. The molecule has 0 atom stereocenters. The van der Waals surface area contributed by atoms with Gasteiger partial charge in [0.1, 0.15) is 5.65 Å². The van der Waals surface area contributed by atoms with Crippen LogP contribution in [0.25, 0.3) is 16.6 Å². The molecule has 140 valence electrons. The van der Waals surface area contributed by atoms with Crippen LogP contribution in [0.1, 0.15) is 45.6 Å². The first kappa shape index (κ1) is 18.0. The summed E-state index contributed by atoms with van der Waals surface area (Å²) in [6, 6.07) is 4.52. The maximum absolute atomic E-state index is 5.83. The van der Waals surface area contributed by atoms with E-state index in [0.29, 0.717) is 0 Å². The smallest absolute Gasteiger partial charge is 0.172 e. The first-order chi connectivity index (χ1) is 12.2. The average Bonchev–Trinajstić information content (AvgIpc) is 3.21. The van der Waals surface area contributed by atoms with E-state index in [1.165, 1.54) is 16.5 Å². The number of fused-ring (bicyclic) bond motifs is 1. The molecule has 0 aromatic carbocycles. The first-order valence-corrected chi connectivity index (χ1v) is 12.6. The van der Waals surface area contributed by atoms with E-state index in [1.807, 2.05) is 6.20 Å². The van der Waals surface area contributed by atoms with E-state index >= 15 is 0 Å². The van der Waals surface area contributed by atoms with Gasteiger partial charge in [-0.3, -0.25) is 0 Å². The summed E-state index contributed by atoms with van der Waals surface area (Å²) in [6.07, 6.45) is 9.32. The molecule has 1 aliphatic heterocycles. The lowest BCUT2D eigenvalue weighted by Crippen LogP contribution is -2.45. The zero-order valence-corrected chi connectivity index (χ0v) is 17.6. The van der Waals surface area contributed by atoms with Crippen LogP contribution in [-0.2, 0) is 9.47 Å². The summed E-state index contributed by atoms with van der Waals surface area (Å²) in [6.45, 7) is 13.3. The molecule has 1 fully saturated rings. The summed E-state index contributed by atoms with van der Waals surface area (Å²) in [5.74, 6) is -0.354. The van der Waals surface area contributed by atoms with Crippen molar-refractivity contribution in [3.05, 3.63) is 36.2 Å². The van der Waals surface area contributed by atoms with Crippen molar-refractivity contribution in [1.82, 2.24) is 9.22 Å². The number of nitrogens with zero attached hydrogens (tertiary/aromatic N) is 2. The molecule has 0 saturated carbocycles. The van der Waals surface area contributed by atoms with Gasteiger partial charge in [0.15, 0.2) is 14.0 Å². The summed E-state index contributed by atoms with van der Waals surface area (Å²) in [5.41, 5.74) is 3.72. The number of ether oxygens (including phenoxy) is 2. The van der Waals surface area contributed by atoms with Crippen LogP contribution in [-0.4, -0.2) is 36.5 Å². The highest BCUT2D eigenvalue weighted by molar-refractivity contribution is 6.79. The molecule has 2 aromatic heterocycles. The van der Waals surface area contributed by atoms with Crippen LogP contribution in [0, 0.1) is 0 Å². The van der Waals surface area contributed by atoms with Crippen LogP contribution in [0.5, 0.6) is 0 Å². The van der Waals surface area contributed by atoms with E-state index < -0.39 is 8.24 Å². The Morgan fingerprint density at radius 1 is 1.19 bits per heavy atom. The third-order valence-corrected chi connectivity index (χ3v) is 11.8. The minimum atomic E-state index is -1.67. The van der Waals surface area contributed by atoms with Crippen molar-refractivity contribution >= 4 is 24.8 Å². The monoisotopic (exact) mass is 370 g/mol. The second-order valence-corrected chi connectivity index (χ2v) is 14.3. The van der Waals surface area contributed by atoms with E-state index in [4.69, 9.17) is 14.5 Å². The minimum Gasteiger partial charge on any atom is -0.359 e. The van der Waals surface area contributed by atoms with Crippen LogP contribution < -0.4 is 0 Å².